The van der Waals surface area contributed by atoms with Crippen LogP contribution in [0.2, 0.25) is 0 Å². The summed E-state index contributed by atoms with van der Waals surface area (Å²) in [6.45, 7) is 2.82. The lowest BCUT2D eigenvalue weighted by Crippen LogP contribution is -1.90. The van der Waals surface area contributed by atoms with Gasteiger partial charge in [-0.1, -0.05) is 12.0 Å². The molecule has 0 fully saturated rings. The van der Waals surface area contributed by atoms with Crippen molar-refractivity contribution < 1.29 is 4.74 Å². The molecule has 0 unspecified atom stereocenters. The molecule has 0 radical (unpaired) electrons. The summed E-state index contributed by atoms with van der Waals surface area (Å²) in [7, 11) is 0. The molecule has 46 valence electrons. The minimum absolute atomic E-state index is 0.157. The third-order valence-electron chi connectivity index (χ3n) is 0.561. The lowest BCUT2D eigenvalue weighted by molar-refractivity contribution is 0.142. The Labute approximate surface area is 48.1 Å². The minimum Gasteiger partial charge on any atom is -0.375 e. The fourth-order valence-electron chi connectivity index (χ4n) is 0.276. The van der Waals surface area contributed by atoms with E-state index in [9.17, 15) is 0 Å². The Balaban J connectivity index is 2.82. The van der Waals surface area contributed by atoms with E-state index in [0.717, 1.165) is 6.42 Å². The maximum atomic E-state index is 7.74. The molecule has 0 rings (SSSR count). The van der Waals surface area contributed by atoms with Crippen LogP contribution in [0.1, 0.15) is 13.3 Å². The van der Waals surface area contributed by atoms with Crippen molar-refractivity contribution in [3.8, 4) is 0 Å². The van der Waals surface area contributed by atoms with Crippen LogP contribution in [-0.4, -0.2) is 13.3 Å². The molecule has 0 spiro atoms. The first-order valence-corrected chi connectivity index (χ1v) is 2.50. The van der Waals surface area contributed by atoms with Crippen LogP contribution in [0.5, 0.6) is 0 Å². The third kappa shape index (κ3) is 5.27. The Morgan fingerprint density at radius 2 is 2.50 bits per heavy atom. The van der Waals surface area contributed by atoms with Crippen molar-refractivity contribution in [1.82, 2.24) is 0 Å². The number of azide groups is 1. The van der Waals surface area contributed by atoms with E-state index >= 15 is 0 Å². The summed E-state index contributed by atoms with van der Waals surface area (Å²) in [5.41, 5.74) is 7.74. The summed E-state index contributed by atoms with van der Waals surface area (Å²) in [5.74, 6) is 0. The van der Waals surface area contributed by atoms with Gasteiger partial charge in [-0.15, -0.1) is 0 Å². The second-order valence-electron chi connectivity index (χ2n) is 1.27. The summed E-state index contributed by atoms with van der Waals surface area (Å²) < 4.78 is 4.80. The molecule has 0 heterocycles. The van der Waals surface area contributed by atoms with Gasteiger partial charge in [0.1, 0.15) is 6.73 Å². The van der Waals surface area contributed by atoms with E-state index in [2.05, 4.69) is 10.0 Å². The van der Waals surface area contributed by atoms with Gasteiger partial charge >= 0.3 is 0 Å². The minimum atomic E-state index is 0.157. The van der Waals surface area contributed by atoms with Crippen LogP contribution in [0.4, 0.5) is 0 Å². The highest BCUT2D eigenvalue weighted by Gasteiger charge is 1.76. The molecule has 0 saturated carbocycles. The SMILES string of the molecule is CCCOCN=[N+]=[N-]. The van der Waals surface area contributed by atoms with Crippen LogP contribution in [-0.2, 0) is 4.74 Å². The highest BCUT2D eigenvalue weighted by Crippen LogP contribution is 1.79. The lowest BCUT2D eigenvalue weighted by atomic mass is 10.5. The third-order valence-corrected chi connectivity index (χ3v) is 0.561. The van der Waals surface area contributed by atoms with Crippen LogP contribution in [0, 0.1) is 0 Å². The van der Waals surface area contributed by atoms with E-state index in [1.807, 2.05) is 6.92 Å². The van der Waals surface area contributed by atoms with Crippen LogP contribution >= 0.6 is 0 Å². The molecule has 0 bridgehead atoms. The van der Waals surface area contributed by atoms with E-state index in [1.54, 1.807) is 0 Å². The van der Waals surface area contributed by atoms with E-state index in [-0.39, 0.29) is 6.73 Å². The fourth-order valence-corrected chi connectivity index (χ4v) is 0.276. The van der Waals surface area contributed by atoms with Crippen molar-refractivity contribution in [2.45, 2.75) is 13.3 Å². The number of rotatable bonds is 4. The van der Waals surface area contributed by atoms with Gasteiger partial charge in [-0.05, 0) is 12.0 Å². The van der Waals surface area contributed by atoms with Crippen molar-refractivity contribution in [2.24, 2.45) is 5.11 Å². The molecule has 0 aromatic carbocycles. The van der Waals surface area contributed by atoms with Gasteiger partial charge in [0, 0.05) is 11.5 Å². The Hall–Kier alpha value is -0.730. The van der Waals surface area contributed by atoms with Gasteiger partial charge in [-0.2, -0.15) is 0 Å². The largest absolute Gasteiger partial charge is 0.375 e. The first kappa shape index (κ1) is 7.27. The van der Waals surface area contributed by atoms with Gasteiger partial charge in [0.25, 0.3) is 0 Å². The monoisotopic (exact) mass is 115 g/mol. The zero-order valence-corrected chi connectivity index (χ0v) is 4.87. The molecule has 8 heavy (non-hydrogen) atoms. The molecule has 0 aromatic rings. The standard InChI is InChI=1S/C4H9N3O/c1-2-3-8-4-6-7-5/h2-4H2,1H3. The first-order valence-electron chi connectivity index (χ1n) is 2.50. The van der Waals surface area contributed by atoms with E-state index in [1.165, 1.54) is 0 Å². The van der Waals surface area contributed by atoms with E-state index in [0.29, 0.717) is 6.61 Å². The van der Waals surface area contributed by atoms with Crippen LogP contribution in [0.15, 0.2) is 5.11 Å². The molecular weight excluding hydrogens is 106 g/mol. The zero-order chi connectivity index (χ0) is 6.24. The van der Waals surface area contributed by atoms with Crippen molar-refractivity contribution in [2.75, 3.05) is 13.3 Å². The summed E-state index contributed by atoms with van der Waals surface area (Å²) in [4.78, 5) is 2.51. The zero-order valence-electron chi connectivity index (χ0n) is 4.87. The Morgan fingerprint density at radius 3 is 3.00 bits per heavy atom. The highest BCUT2D eigenvalue weighted by atomic mass is 16.5. The molecule has 0 amide bonds. The average Bonchev–Trinajstić information content (AvgIpc) is 1.81. The summed E-state index contributed by atoms with van der Waals surface area (Å²) in [6.07, 6.45) is 0.959. The molecule has 0 atom stereocenters. The topological polar surface area (TPSA) is 58.0 Å². The molecule has 0 aromatic heterocycles. The van der Waals surface area contributed by atoms with Crippen molar-refractivity contribution >= 4 is 0 Å². The number of ether oxygens (including phenoxy) is 1. The Morgan fingerprint density at radius 1 is 1.75 bits per heavy atom. The number of hydrogen-bond acceptors (Lipinski definition) is 2. The quantitative estimate of drug-likeness (QED) is 0.238. The van der Waals surface area contributed by atoms with Gasteiger partial charge in [-0.3, -0.25) is 0 Å². The van der Waals surface area contributed by atoms with Crippen molar-refractivity contribution in [3.05, 3.63) is 10.4 Å². The maximum Gasteiger partial charge on any atom is 0.125 e. The van der Waals surface area contributed by atoms with Crippen molar-refractivity contribution in [1.29, 1.82) is 0 Å². The van der Waals surface area contributed by atoms with Gasteiger partial charge < -0.3 is 4.74 Å². The molecule has 0 aliphatic carbocycles. The fraction of sp³-hybridized carbons (Fsp3) is 1.00. The normalized spacial score (nSPS) is 8.12. The van der Waals surface area contributed by atoms with Gasteiger partial charge in [0.2, 0.25) is 0 Å². The molecule has 0 aliphatic rings. The van der Waals surface area contributed by atoms with Gasteiger partial charge in [0.15, 0.2) is 0 Å². The molecule has 0 N–H and O–H groups in total. The first-order chi connectivity index (χ1) is 3.91. The molecule has 4 nitrogen and oxygen atoms in total. The second kappa shape index (κ2) is 6.27. The van der Waals surface area contributed by atoms with Gasteiger partial charge in [0.05, 0.1) is 0 Å². The molecule has 4 heteroatoms. The summed E-state index contributed by atoms with van der Waals surface area (Å²) in [6, 6.07) is 0. The Bertz CT molecular complexity index is 87.3. The van der Waals surface area contributed by atoms with Crippen LogP contribution in [0.25, 0.3) is 10.4 Å². The molecular formula is C4H9N3O. The second-order valence-corrected chi connectivity index (χ2v) is 1.27. The Kier molecular flexibility index (Phi) is 5.70. The molecule has 0 saturated heterocycles. The lowest BCUT2D eigenvalue weighted by Gasteiger charge is -1.91. The smallest absolute Gasteiger partial charge is 0.125 e. The van der Waals surface area contributed by atoms with E-state index < -0.39 is 0 Å². The van der Waals surface area contributed by atoms with E-state index in [4.69, 9.17) is 10.3 Å². The number of hydrogen-bond donors (Lipinski definition) is 0. The van der Waals surface area contributed by atoms with Crippen molar-refractivity contribution in [3.63, 3.8) is 0 Å². The summed E-state index contributed by atoms with van der Waals surface area (Å²) >= 11 is 0. The number of nitrogens with zero attached hydrogens (tertiary/aromatic N) is 3. The van der Waals surface area contributed by atoms with Crippen LogP contribution in [0.3, 0.4) is 0 Å². The predicted octanol–water partition coefficient (Wildman–Crippen LogP) is 1.68. The van der Waals surface area contributed by atoms with Crippen LogP contribution < -0.4 is 0 Å². The average molecular weight is 115 g/mol. The maximum absolute atomic E-state index is 7.74. The molecule has 0 aliphatic heterocycles. The van der Waals surface area contributed by atoms with Gasteiger partial charge in [-0.25, -0.2) is 0 Å². The summed E-state index contributed by atoms with van der Waals surface area (Å²) in [5, 5.41) is 3.17. The predicted molar refractivity (Wildman–Crippen MR) is 30.3 cm³/mol. The highest BCUT2D eigenvalue weighted by molar-refractivity contribution is 4.35.